The number of unbranched alkanes of at least 4 members (excludes halogenated alkanes) is 15. The van der Waals surface area contributed by atoms with Crippen molar-refractivity contribution in [2.24, 2.45) is 0 Å². The molecule has 0 aromatic rings. The summed E-state index contributed by atoms with van der Waals surface area (Å²) in [6, 6.07) is 0. The molecule has 54 heavy (non-hydrogen) atoms. The summed E-state index contributed by atoms with van der Waals surface area (Å²) in [4.78, 5) is 22.5. The monoisotopic (exact) mass is 781 g/mol. The molecule has 0 radical (unpaired) electrons. The van der Waals surface area contributed by atoms with E-state index in [1.54, 1.807) is 6.26 Å². The van der Waals surface area contributed by atoms with E-state index in [1.807, 2.05) is 12.2 Å². The van der Waals surface area contributed by atoms with E-state index < -0.39 is 45.8 Å². The van der Waals surface area contributed by atoms with Crippen LogP contribution in [0, 0.1) is 0 Å². The van der Waals surface area contributed by atoms with Crippen LogP contribution >= 0.6 is 7.82 Å². The first kappa shape index (κ1) is 51.7. The van der Waals surface area contributed by atoms with Crippen LogP contribution in [0.25, 0.3) is 0 Å². The lowest BCUT2D eigenvalue weighted by Crippen LogP contribution is -2.28. The normalized spacial score (nSPS) is 14.8. The molecule has 1 unspecified atom stereocenters. The summed E-state index contributed by atoms with van der Waals surface area (Å²) in [7, 11) is -4.55. The zero-order valence-electron chi connectivity index (χ0n) is 33.9. The van der Waals surface area contributed by atoms with Gasteiger partial charge in [0.2, 0.25) is 0 Å². The zero-order valence-corrected chi connectivity index (χ0v) is 34.8. The summed E-state index contributed by atoms with van der Waals surface area (Å²) in [6.07, 6.45) is 48.1. The summed E-state index contributed by atoms with van der Waals surface area (Å²) < 4.78 is 33.0. The molecule has 0 aliphatic rings. The molecule has 0 spiro atoms. The number of hydrogen-bond donors (Lipinski definition) is 3. The summed E-state index contributed by atoms with van der Waals surface area (Å²) in [5.74, 6) is -0.463. The molecule has 0 heterocycles. The van der Waals surface area contributed by atoms with E-state index in [1.165, 1.54) is 83.5 Å². The molecule has 0 aliphatic carbocycles. The van der Waals surface area contributed by atoms with Gasteiger partial charge in [-0.3, -0.25) is 13.8 Å². The Morgan fingerprint density at radius 3 is 1.57 bits per heavy atom. The van der Waals surface area contributed by atoms with Crippen LogP contribution in [0.4, 0.5) is 0 Å². The van der Waals surface area contributed by atoms with Crippen molar-refractivity contribution in [1.29, 1.82) is 0 Å². The van der Waals surface area contributed by atoms with Crippen molar-refractivity contribution < 1.29 is 43.0 Å². The fraction of sp³-hybridized carbons (Fsp3) is 0.705. The molecule has 312 valence electrons. The van der Waals surface area contributed by atoms with Gasteiger partial charge in [0.25, 0.3) is 0 Å². The molecular formula is C44H77O9P. The first-order chi connectivity index (χ1) is 26.3. The number of ether oxygens (including phenoxy) is 2. The number of esters is 1. The van der Waals surface area contributed by atoms with Crippen molar-refractivity contribution in [3.05, 3.63) is 73.1 Å². The number of phosphoric acid groups is 1. The minimum Gasteiger partial charge on any atom is -0.498 e. The average Bonchev–Trinajstić information content (AvgIpc) is 3.16. The lowest BCUT2D eigenvalue weighted by atomic mass is 10.0. The van der Waals surface area contributed by atoms with E-state index >= 15 is 0 Å². The first-order valence-corrected chi connectivity index (χ1v) is 22.5. The van der Waals surface area contributed by atoms with Crippen molar-refractivity contribution in [1.82, 2.24) is 0 Å². The molecule has 9 nitrogen and oxygen atoms in total. The van der Waals surface area contributed by atoms with E-state index in [9.17, 15) is 19.4 Å². The molecule has 0 fully saturated rings. The van der Waals surface area contributed by atoms with Crippen molar-refractivity contribution in [3.8, 4) is 0 Å². The van der Waals surface area contributed by atoms with Crippen LogP contribution < -0.4 is 0 Å². The second-order valence-corrected chi connectivity index (χ2v) is 15.2. The number of hydrogen-bond acceptors (Lipinski definition) is 8. The first-order valence-electron chi connectivity index (χ1n) is 21.0. The second kappa shape index (κ2) is 40.4. The molecule has 0 rings (SSSR count). The minimum atomic E-state index is -4.55. The average molecular weight is 781 g/mol. The van der Waals surface area contributed by atoms with Gasteiger partial charge in [0, 0.05) is 6.42 Å². The van der Waals surface area contributed by atoms with Gasteiger partial charge in [-0.1, -0.05) is 158 Å². The van der Waals surface area contributed by atoms with Crippen LogP contribution in [-0.4, -0.2) is 59.7 Å². The van der Waals surface area contributed by atoms with E-state index in [2.05, 4.69) is 68.5 Å². The molecule has 0 bridgehead atoms. The maximum Gasteiger partial charge on any atom is 0.472 e. The number of aliphatic hydroxyl groups is 2. The summed E-state index contributed by atoms with van der Waals surface area (Å²) in [5, 5.41) is 18.3. The Morgan fingerprint density at radius 2 is 1.06 bits per heavy atom. The highest BCUT2D eigenvalue weighted by Gasteiger charge is 2.26. The van der Waals surface area contributed by atoms with E-state index in [0.29, 0.717) is 6.42 Å². The molecule has 0 saturated carbocycles. The number of carbonyl (C=O) groups excluding carboxylic acids is 1. The molecule has 0 aromatic carbocycles. The van der Waals surface area contributed by atoms with Gasteiger partial charge in [-0.2, -0.15) is 0 Å². The summed E-state index contributed by atoms with van der Waals surface area (Å²) >= 11 is 0. The third-order valence-electron chi connectivity index (χ3n) is 8.47. The Hall–Kier alpha value is -2.26. The fourth-order valence-corrected chi connectivity index (χ4v) is 6.09. The molecule has 3 N–H and O–H groups in total. The van der Waals surface area contributed by atoms with Crippen LogP contribution in [-0.2, 0) is 27.9 Å². The van der Waals surface area contributed by atoms with E-state index in [-0.39, 0.29) is 13.0 Å². The summed E-state index contributed by atoms with van der Waals surface area (Å²) in [5.41, 5.74) is 0. The van der Waals surface area contributed by atoms with Crippen LogP contribution in [0.2, 0.25) is 0 Å². The Kier molecular flexibility index (Phi) is 38.7. The third-order valence-corrected chi connectivity index (χ3v) is 9.42. The Balaban J connectivity index is 4.36. The highest BCUT2D eigenvalue weighted by molar-refractivity contribution is 7.47. The Bertz CT molecular complexity index is 1070. The van der Waals surface area contributed by atoms with Gasteiger partial charge in [0.1, 0.15) is 12.7 Å². The van der Waals surface area contributed by atoms with Crippen molar-refractivity contribution in [3.63, 3.8) is 0 Å². The predicted octanol–water partition coefficient (Wildman–Crippen LogP) is 11.7. The number of allylic oxidation sites excluding steroid dienone is 11. The molecule has 10 heteroatoms. The number of aliphatic hydroxyl groups excluding tert-OH is 2. The zero-order chi connectivity index (χ0) is 39.6. The van der Waals surface area contributed by atoms with Crippen LogP contribution in [0.3, 0.4) is 0 Å². The molecule has 0 saturated heterocycles. The highest BCUT2D eigenvalue weighted by Crippen LogP contribution is 2.43. The topological polar surface area (TPSA) is 132 Å². The van der Waals surface area contributed by atoms with E-state index in [4.69, 9.17) is 23.6 Å². The van der Waals surface area contributed by atoms with Crippen molar-refractivity contribution in [2.75, 3.05) is 26.4 Å². The van der Waals surface area contributed by atoms with Gasteiger partial charge in [-0.05, 0) is 63.9 Å². The quantitative estimate of drug-likeness (QED) is 0.0183. The smallest absolute Gasteiger partial charge is 0.472 e. The van der Waals surface area contributed by atoms with Crippen molar-refractivity contribution in [2.45, 2.75) is 174 Å². The molecular weight excluding hydrogens is 703 g/mol. The van der Waals surface area contributed by atoms with Crippen LogP contribution in [0.15, 0.2) is 73.1 Å². The number of carbonyl (C=O) groups is 1. The van der Waals surface area contributed by atoms with Gasteiger partial charge >= 0.3 is 13.8 Å². The lowest BCUT2D eigenvalue weighted by molar-refractivity contribution is -0.153. The number of phosphoric ester groups is 1. The molecule has 0 aromatic heterocycles. The Labute approximate surface area is 329 Å². The second-order valence-electron chi connectivity index (χ2n) is 13.7. The Morgan fingerprint density at radius 1 is 0.593 bits per heavy atom. The largest absolute Gasteiger partial charge is 0.498 e. The SMILES string of the molecule is CC/C=C\C/C=C\C/C=C\C/C=C\C/C=C\CCCC(=O)O[C@H](CO/C=C\CCCCCCCCCCCCCCCC)COP(=O)(O)OC[C@@H](O)CO. The van der Waals surface area contributed by atoms with Gasteiger partial charge in [-0.25, -0.2) is 4.57 Å². The van der Waals surface area contributed by atoms with Gasteiger partial charge in [0.15, 0.2) is 6.10 Å². The maximum atomic E-state index is 12.6. The van der Waals surface area contributed by atoms with Crippen LogP contribution in [0.5, 0.6) is 0 Å². The standard InChI is InChI=1S/C44H77O9P/c1-3-5-7-9-11-13-15-17-19-21-22-24-26-28-30-32-34-36-44(47)53-43(41-52-54(48,49)51-39-42(46)38-45)40-50-37-35-33-31-29-27-25-23-20-18-16-14-12-10-8-6-4-2/h5,7,11,13,17,19,22,24,28,30,35,37,42-43,45-46H,3-4,6,8-10,12,14-16,18,20-21,23,25-27,29,31-34,36,38-41H2,1-2H3,(H,48,49)/b7-5-,13-11-,19-17-,24-22-,30-28-,37-35-/t42-,43+/m0/s1. The van der Waals surface area contributed by atoms with Crippen molar-refractivity contribution >= 4 is 13.8 Å². The maximum absolute atomic E-state index is 12.6. The van der Waals surface area contributed by atoms with Crippen LogP contribution in [0.1, 0.15) is 162 Å². The number of rotatable bonds is 39. The lowest BCUT2D eigenvalue weighted by Gasteiger charge is -2.20. The van der Waals surface area contributed by atoms with E-state index in [0.717, 1.165) is 51.4 Å². The van der Waals surface area contributed by atoms with Gasteiger partial charge in [-0.15, -0.1) is 0 Å². The minimum absolute atomic E-state index is 0.0605. The fourth-order valence-electron chi connectivity index (χ4n) is 5.30. The molecule has 0 aliphatic heterocycles. The third kappa shape index (κ3) is 39.4. The predicted molar refractivity (Wildman–Crippen MR) is 223 cm³/mol. The van der Waals surface area contributed by atoms with Gasteiger partial charge < -0.3 is 24.6 Å². The molecule has 3 atom stereocenters. The summed E-state index contributed by atoms with van der Waals surface area (Å²) in [6.45, 7) is 2.69. The van der Waals surface area contributed by atoms with Gasteiger partial charge in [0.05, 0.1) is 26.1 Å². The molecule has 0 amide bonds. The highest BCUT2D eigenvalue weighted by atomic mass is 31.2.